The molecule has 0 aliphatic carbocycles. The van der Waals surface area contributed by atoms with E-state index in [2.05, 4.69) is 6.07 Å². The summed E-state index contributed by atoms with van der Waals surface area (Å²) in [5.41, 5.74) is 6.35. The van der Waals surface area contributed by atoms with Crippen LogP contribution in [0.4, 0.5) is 0 Å². The van der Waals surface area contributed by atoms with Gasteiger partial charge in [-0.25, -0.2) is 0 Å². The van der Waals surface area contributed by atoms with Crippen LogP contribution in [-0.2, 0) is 6.42 Å². The lowest BCUT2D eigenvalue weighted by Gasteiger charge is -2.16. The molecular formula is C12H14Cl2N2O. The normalized spacial score (nSPS) is 11.9. The molecule has 0 amide bonds. The summed E-state index contributed by atoms with van der Waals surface area (Å²) in [6, 6.07) is 5.43. The number of nitriles is 1. The fourth-order valence-electron chi connectivity index (χ4n) is 1.43. The van der Waals surface area contributed by atoms with Gasteiger partial charge in [-0.15, -0.1) is 0 Å². The van der Waals surface area contributed by atoms with Gasteiger partial charge in [0.05, 0.1) is 5.02 Å². The Morgan fingerprint density at radius 3 is 2.71 bits per heavy atom. The molecule has 0 bridgehead atoms. The highest BCUT2D eigenvalue weighted by atomic mass is 35.5. The molecule has 17 heavy (non-hydrogen) atoms. The van der Waals surface area contributed by atoms with Crippen molar-refractivity contribution in [3.63, 3.8) is 0 Å². The third kappa shape index (κ3) is 3.78. The molecule has 0 spiro atoms. The number of benzene rings is 1. The molecule has 1 rings (SSSR count). The van der Waals surface area contributed by atoms with Crippen LogP contribution in [0.2, 0.25) is 10.0 Å². The van der Waals surface area contributed by atoms with E-state index < -0.39 is 6.10 Å². The number of hydrogen-bond donors (Lipinski definition) is 1. The molecule has 1 atom stereocenters. The highest BCUT2D eigenvalue weighted by Crippen LogP contribution is 2.33. The zero-order chi connectivity index (χ0) is 12.8. The van der Waals surface area contributed by atoms with Gasteiger partial charge in [0, 0.05) is 5.02 Å². The Morgan fingerprint density at radius 1 is 1.47 bits per heavy atom. The molecule has 5 heteroatoms. The Morgan fingerprint density at radius 2 is 2.18 bits per heavy atom. The molecular weight excluding hydrogens is 259 g/mol. The van der Waals surface area contributed by atoms with Gasteiger partial charge in [0.15, 0.2) is 6.10 Å². The first-order valence-corrected chi connectivity index (χ1v) is 6.12. The minimum atomic E-state index is -0.509. The summed E-state index contributed by atoms with van der Waals surface area (Å²) >= 11 is 12.0. The SMILES string of the molecule is CCC(C#N)Oc1c(Cl)cc(Cl)cc1CCN. The van der Waals surface area contributed by atoms with Crippen molar-refractivity contribution >= 4 is 23.2 Å². The first kappa shape index (κ1) is 14.1. The van der Waals surface area contributed by atoms with Crippen molar-refractivity contribution in [1.29, 1.82) is 5.26 Å². The highest BCUT2D eigenvalue weighted by molar-refractivity contribution is 6.35. The fourth-order valence-corrected chi connectivity index (χ4v) is 2.01. The largest absolute Gasteiger partial charge is 0.474 e. The number of nitrogens with zero attached hydrogens (tertiary/aromatic N) is 1. The summed E-state index contributed by atoms with van der Waals surface area (Å²) in [5.74, 6) is 0.509. The summed E-state index contributed by atoms with van der Waals surface area (Å²) < 4.78 is 5.58. The van der Waals surface area contributed by atoms with Gasteiger partial charge in [0.2, 0.25) is 0 Å². The van der Waals surface area contributed by atoms with E-state index in [1.165, 1.54) is 0 Å². The minimum absolute atomic E-state index is 0.412. The predicted molar refractivity (Wildman–Crippen MR) is 69.5 cm³/mol. The van der Waals surface area contributed by atoms with E-state index in [1.807, 2.05) is 6.92 Å². The van der Waals surface area contributed by atoms with Crippen molar-refractivity contribution in [1.82, 2.24) is 0 Å². The molecule has 0 heterocycles. The second-order valence-corrected chi connectivity index (χ2v) is 4.40. The Hall–Kier alpha value is -0.950. The van der Waals surface area contributed by atoms with Crippen LogP contribution >= 0.6 is 23.2 Å². The van der Waals surface area contributed by atoms with Crippen LogP contribution < -0.4 is 10.5 Å². The van der Waals surface area contributed by atoms with E-state index in [-0.39, 0.29) is 0 Å². The van der Waals surface area contributed by atoms with E-state index in [9.17, 15) is 0 Å². The second kappa shape index (κ2) is 6.70. The maximum atomic E-state index is 8.88. The minimum Gasteiger partial charge on any atom is -0.474 e. The number of ether oxygens (including phenoxy) is 1. The van der Waals surface area contributed by atoms with Gasteiger partial charge in [-0.2, -0.15) is 5.26 Å². The van der Waals surface area contributed by atoms with Crippen LogP contribution in [0.3, 0.4) is 0 Å². The number of nitrogens with two attached hydrogens (primary N) is 1. The van der Waals surface area contributed by atoms with Crippen molar-refractivity contribution in [3.05, 3.63) is 27.7 Å². The van der Waals surface area contributed by atoms with Crippen LogP contribution in [-0.4, -0.2) is 12.6 Å². The average molecular weight is 273 g/mol. The molecule has 0 saturated heterocycles. The topological polar surface area (TPSA) is 59.0 Å². The van der Waals surface area contributed by atoms with Crippen molar-refractivity contribution in [2.75, 3.05) is 6.54 Å². The smallest absolute Gasteiger partial charge is 0.184 e. The second-order valence-electron chi connectivity index (χ2n) is 3.56. The van der Waals surface area contributed by atoms with Gasteiger partial charge in [0.25, 0.3) is 0 Å². The molecule has 1 aromatic rings. The lowest BCUT2D eigenvalue weighted by molar-refractivity contribution is 0.249. The van der Waals surface area contributed by atoms with Crippen LogP contribution in [0.15, 0.2) is 12.1 Å². The van der Waals surface area contributed by atoms with Gasteiger partial charge < -0.3 is 10.5 Å². The average Bonchev–Trinajstić information content (AvgIpc) is 2.29. The molecule has 0 aliphatic heterocycles. The highest BCUT2D eigenvalue weighted by Gasteiger charge is 2.14. The Kier molecular flexibility index (Phi) is 5.57. The summed E-state index contributed by atoms with van der Waals surface area (Å²) in [6.07, 6.45) is 0.694. The van der Waals surface area contributed by atoms with Crippen LogP contribution in [0.1, 0.15) is 18.9 Å². The molecule has 3 nitrogen and oxygen atoms in total. The van der Waals surface area contributed by atoms with E-state index in [0.29, 0.717) is 35.2 Å². The van der Waals surface area contributed by atoms with Crippen LogP contribution in [0.25, 0.3) is 0 Å². The molecule has 1 aromatic carbocycles. The van der Waals surface area contributed by atoms with E-state index in [1.54, 1.807) is 12.1 Å². The molecule has 0 aromatic heterocycles. The maximum absolute atomic E-state index is 8.88. The molecule has 0 aliphatic rings. The quantitative estimate of drug-likeness (QED) is 0.896. The molecule has 0 fully saturated rings. The molecule has 2 N–H and O–H groups in total. The predicted octanol–water partition coefficient (Wildman–Crippen LogP) is 3.18. The van der Waals surface area contributed by atoms with E-state index >= 15 is 0 Å². The lowest BCUT2D eigenvalue weighted by Crippen LogP contribution is -2.15. The van der Waals surface area contributed by atoms with Gasteiger partial charge in [-0.3, -0.25) is 0 Å². The Labute approximate surface area is 111 Å². The molecule has 1 unspecified atom stereocenters. The first-order valence-electron chi connectivity index (χ1n) is 5.36. The standard InChI is InChI=1S/C12H14Cl2N2O/c1-2-10(7-16)17-12-8(3-4-15)5-9(13)6-11(12)14/h5-6,10H,2-4,15H2,1H3. The van der Waals surface area contributed by atoms with Crippen molar-refractivity contribution < 1.29 is 4.74 Å². The van der Waals surface area contributed by atoms with Crippen molar-refractivity contribution in [2.24, 2.45) is 5.73 Å². The third-order valence-electron chi connectivity index (χ3n) is 2.27. The Balaban J connectivity index is 3.07. The van der Waals surface area contributed by atoms with Gasteiger partial charge in [0.1, 0.15) is 11.8 Å². The van der Waals surface area contributed by atoms with E-state index in [0.717, 1.165) is 5.56 Å². The summed E-state index contributed by atoms with van der Waals surface area (Å²) in [5, 5.41) is 9.83. The number of rotatable bonds is 5. The fraction of sp³-hybridized carbons (Fsp3) is 0.417. The van der Waals surface area contributed by atoms with Crippen molar-refractivity contribution in [2.45, 2.75) is 25.9 Å². The summed E-state index contributed by atoms with van der Waals surface area (Å²) in [4.78, 5) is 0. The van der Waals surface area contributed by atoms with E-state index in [4.69, 9.17) is 38.9 Å². The first-order chi connectivity index (χ1) is 8.12. The zero-order valence-corrected chi connectivity index (χ0v) is 11.1. The molecule has 0 saturated carbocycles. The monoisotopic (exact) mass is 272 g/mol. The third-order valence-corrected chi connectivity index (χ3v) is 2.77. The molecule has 0 radical (unpaired) electrons. The Bertz CT molecular complexity index is 429. The van der Waals surface area contributed by atoms with Gasteiger partial charge in [-0.05, 0) is 37.1 Å². The summed E-state index contributed by atoms with van der Waals surface area (Å²) in [6.45, 7) is 2.34. The molecule has 92 valence electrons. The van der Waals surface area contributed by atoms with Crippen LogP contribution in [0.5, 0.6) is 5.75 Å². The zero-order valence-electron chi connectivity index (χ0n) is 9.54. The maximum Gasteiger partial charge on any atom is 0.184 e. The van der Waals surface area contributed by atoms with Crippen LogP contribution in [0, 0.1) is 11.3 Å². The lowest BCUT2D eigenvalue weighted by atomic mass is 10.1. The van der Waals surface area contributed by atoms with Gasteiger partial charge in [-0.1, -0.05) is 30.1 Å². The summed E-state index contributed by atoms with van der Waals surface area (Å²) in [7, 11) is 0. The van der Waals surface area contributed by atoms with Gasteiger partial charge >= 0.3 is 0 Å². The number of halogens is 2. The number of hydrogen-bond acceptors (Lipinski definition) is 3. The van der Waals surface area contributed by atoms with Crippen molar-refractivity contribution in [3.8, 4) is 11.8 Å².